The van der Waals surface area contributed by atoms with Crippen LogP contribution in [0.25, 0.3) is 0 Å². The second-order valence-electron chi connectivity index (χ2n) is 1.28. The van der Waals surface area contributed by atoms with E-state index >= 15 is 0 Å². The molecule has 0 saturated carbocycles. The van der Waals surface area contributed by atoms with E-state index in [-0.39, 0.29) is 0 Å². The zero-order valence-corrected chi connectivity index (χ0v) is 4.73. The summed E-state index contributed by atoms with van der Waals surface area (Å²) in [6, 6.07) is 2.06. The van der Waals surface area contributed by atoms with Crippen molar-refractivity contribution in [3.63, 3.8) is 0 Å². The maximum Gasteiger partial charge on any atom is 0.0943 e. The third-order valence-corrected chi connectivity index (χ3v) is 0.873. The van der Waals surface area contributed by atoms with E-state index in [2.05, 4.69) is 6.07 Å². The van der Waals surface area contributed by atoms with E-state index in [0.717, 1.165) is 12.0 Å². The van der Waals surface area contributed by atoms with Crippen molar-refractivity contribution in [2.75, 3.05) is 0 Å². The Bertz CT molecular complexity index is 106. The average molecular weight is 95.1 g/mol. The molecule has 0 unspecified atom stereocenters. The van der Waals surface area contributed by atoms with E-state index in [0.29, 0.717) is 0 Å². The zero-order valence-electron chi connectivity index (χ0n) is 4.73. The standard InChI is InChI=1S/C6H9N/c1-3-6(4-2)5-7/h3H,4H2,1-2H3/b6-3-. The van der Waals surface area contributed by atoms with Gasteiger partial charge in [0.05, 0.1) is 6.07 Å². The second kappa shape index (κ2) is 3.42. The van der Waals surface area contributed by atoms with Gasteiger partial charge in [0.2, 0.25) is 0 Å². The minimum atomic E-state index is 0.854. The number of rotatable bonds is 1. The Morgan fingerprint density at radius 2 is 2.43 bits per heavy atom. The lowest BCUT2D eigenvalue weighted by atomic mass is 10.2. The molecule has 0 aliphatic heterocycles. The smallest absolute Gasteiger partial charge is 0.0943 e. The van der Waals surface area contributed by atoms with Crippen LogP contribution in [0.1, 0.15) is 20.3 Å². The van der Waals surface area contributed by atoms with Crippen LogP contribution in [0.15, 0.2) is 11.6 Å². The summed E-state index contributed by atoms with van der Waals surface area (Å²) in [6.07, 6.45) is 2.69. The molecular weight excluding hydrogens is 86.1 g/mol. The first-order valence-electron chi connectivity index (χ1n) is 2.40. The lowest BCUT2D eigenvalue weighted by Gasteiger charge is -1.81. The molecule has 0 aromatic rings. The molecule has 0 bridgehead atoms. The van der Waals surface area contributed by atoms with Crippen LogP contribution in [0.3, 0.4) is 0 Å². The first-order valence-corrected chi connectivity index (χ1v) is 2.40. The molecule has 0 fully saturated rings. The number of nitriles is 1. The summed E-state index contributed by atoms with van der Waals surface area (Å²) in [6.45, 7) is 3.85. The van der Waals surface area contributed by atoms with Gasteiger partial charge in [-0.05, 0) is 13.3 Å². The molecule has 0 aromatic carbocycles. The van der Waals surface area contributed by atoms with E-state index in [1.165, 1.54) is 0 Å². The summed E-state index contributed by atoms with van der Waals surface area (Å²) in [5, 5.41) is 8.21. The Labute approximate surface area is 44.3 Å². The van der Waals surface area contributed by atoms with Gasteiger partial charge in [-0.15, -0.1) is 0 Å². The Hall–Kier alpha value is -0.770. The van der Waals surface area contributed by atoms with Gasteiger partial charge >= 0.3 is 0 Å². The molecule has 1 heteroatoms. The van der Waals surface area contributed by atoms with Gasteiger partial charge in [-0.1, -0.05) is 13.0 Å². The van der Waals surface area contributed by atoms with Gasteiger partial charge in [0, 0.05) is 5.57 Å². The monoisotopic (exact) mass is 95.1 g/mol. The van der Waals surface area contributed by atoms with Crippen LogP contribution in [0.2, 0.25) is 0 Å². The molecule has 0 aliphatic rings. The molecule has 0 aliphatic carbocycles. The molecule has 0 spiro atoms. The van der Waals surface area contributed by atoms with Crippen molar-refractivity contribution in [1.82, 2.24) is 0 Å². The summed E-state index contributed by atoms with van der Waals surface area (Å²) in [5.41, 5.74) is 0.861. The van der Waals surface area contributed by atoms with Gasteiger partial charge < -0.3 is 0 Å². The van der Waals surface area contributed by atoms with Crippen LogP contribution in [0.5, 0.6) is 0 Å². The number of allylic oxidation sites excluding steroid dienone is 2. The molecule has 1 nitrogen and oxygen atoms in total. The molecule has 0 radical (unpaired) electrons. The van der Waals surface area contributed by atoms with E-state index < -0.39 is 0 Å². The van der Waals surface area contributed by atoms with Crippen molar-refractivity contribution in [3.8, 4) is 6.07 Å². The molecule has 0 heterocycles. The summed E-state index contributed by atoms with van der Waals surface area (Å²) in [5.74, 6) is 0. The number of hydrogen-bond donors (Lipinski definition) is 0. The summed E-state index contributed by atoms with van der Waals surface area (Å²) in [4.78, 5) is 0. The third-order valence-electron chi connectivity index (χ3n) is 0.873. The molecule has 0 atom stereocenters. The normalized spacial score (nSPS) is 10.7. The molecule has 0 N–H and O–H groups in total. The minimum absolute atomic E-state index is 0.854. The summed E-state index contributed by atoms with van der Waals surface area (Å²) < 4.78 is 0. The van der Waals surface area contributed by atoms with Crippen molar-refractivity contribution >= 4 is 0 Å². The second-order valence-corrected chi connectivity index (χ2v) is 1.28. The third kappa shape index (κ3) is 1.99. The van der Waals surface area contributed by atoms with Crippen molar-refractivity contribution in [2.45, 2.75) is 20.3 Å². The van der Waals surface area contributed by atoms with Crippen LogP contribution in [-0.2, 0) is 0 Å². The Morgan fingerprint density at radius 3 is 2.43 bits per heavy atom. The van der Waals surface area contributed by atoms with Crippen molar-refractivity contribution < 1.29 is 0 Å². The van der Waals surface area contributed by atoms with Gasteiger partial charge in [-0.25, -0.2) is 0 Å². The first kappa shape index (κ1) is 6.23. The van der Waals surface area contributed by atoms with E-state index in [1.54, 1.807) is 0 Å². The van der Waals surface area contributed by atoms with E-state index in [1.807, 2.05) is 19.9 Å². The van der Waals surface area contributed by atoms with Crippen LogP contribution in [0, 0.1) is 11.3 Å². The molecule has 0 saturated heterocycles. The molecule has 7 heavy (non-hydrogen) atoms. The Balaban J connectivity index is 3.68. The van der Waals surface area contributed by atoms with Crippen molar-refractivity contribution in [3.05, 3.63) is 11.6 Å². The van der Waals surface area contributed by atoms with Crippen LogP contribution in [0.4, 0.5) is 0 Å². The van der Waals surface area contributed by atoms with Gasteiger partial charge in [-0.2, -0.15) is 5.26 Å². The largest absolute Gasteiger partial charge is 0.193 e. The van der Waals surface area contributed by atoms with Crippen LogP contribution < -0.4 is 0 Å². The van der Waals surface area contributed by atoms with Crippen LogP contribution in [-0.4, -0.2) is 0 Å². The Morgan fingerprint density at radius 1 is 1.86 bits per heavy atom. The molecule has 38 valence electrons. The van der Waals surface area contributed by atoms with Gasteiger partial charge in [0.25, 0.3) is 0 Å². The van der Waals surface area contributed by atoms with Gasteiger partial charge in [-0.3, -0.25) is 0 Å². The minimum Gasteiger partial charge on any atom is -0.193 e. The highest BCUT2D eigenvalue weighted by atomic mass is 14.2. The summed E-state index contributed by atoms with van der Waals surface area (Å²) >= 11 is 0. The zero-order chi connectivity index (χ0) is 5.70. The maximum atomic E-state index is 8.21. The lowest BCUT2D eigenvalue weighted by Crippen LogP contribution is -1.68. The number of hydrogen-bond acceptors (Lipinski definition) is 1. The SMILES string of the molecule is C/C=C(\C#N)CC. The lowest BCUT2D eigenvalue weighted by molar-refractivity contribution is 1.14. The molecule has 0 rings (SSSR count). The first-order chi connectivity index (χ1) is 3.35. The van der Waals surface area contributed by atoms with Gasteiger partial charge in [0.1, 0.15) is 0 Å². The van der Waals surface area contributed by atoms with E-state index in [9.17, 15) is 0 Å². The summed E-state index contributed by atoms with van der Waals surface area (Å²) in [7, 11) is 0. The highest BCUT2D eigenvalue weighted by Crippen LogP contribution is 1.94. The fourth-order valence-corrected chi connectivity index (χ4v) is 0.348. The molecule has 0 amide bonds. The topological polar surface area (TPSA) is 23.8 Å². The average Bonchev–Trinajstić information content (AvgIpc) is 1.72. The molecular formula is C6H9N. The quantitative estimate of drug-likeness (QED) is 0.456. The number of nitrogens with zero attached hydrogens (tertiary/aromatic N) is 1. The fourth-order valence-electron chi connectivity index (χ4n) is 0.348. The highest BCUT2D eigenvalue weighted by Gasteiger charge is 1.81. The predicted octanol–water partition coefficient (Wildman–Crippen LogP) is 1.87. The van der Waals surface area contributed by atoms with Gasteiger partial charge in [0.15, 0.2) is 0 Å². The van der Waals surface area contributed by atoms with E-state index in [4.69, 9.17) is 5.26 Å². The van der Waals surface area contributed by atoms with Crippen molar-refractivity contribution in [1.29, 1.82) is 5.26 Å². The van der Waals surface area contributed by atoms with Crippen LogP contribution >= 0.6 is 0 Å². The Kier molecular flexibility index (Phi) is 3.04. The highest BCUT2D eigenvalue weighted by molar-refractivity contribution is 5.18. The maximum absolute atomic E-state index is 8.21. The fraction of sp³-hybridized carbons (Fsp3) is 0.500. The molecule has 0 aromatic heterocycles. The predicted molar refractivity (Wildman–Crippen MR) is 29.7 cm³/mol. The van der Waals surface area contributed by atoms with Crippen molar-refractivity contribution in [2.24, 2.45) is 0 Å².